The summed E-state index contributed by atoms with van der Waals surface area (Å²) in [6.45, 7) is 2.27. The van der Waals surface area contributed by atoms with Crippen molar-refractivity contribution < 1.29 is 48.2 Å². The summed E-state index contributed by atoms with van der Waals surface area (Å²) in [4.78, 5) is 10.2. The Kier molecular flexibility index (Phi) is 30.0. The van der Waals surface area contributed by atoms with E-state index in [1.165, 1.54) is 83.5 Å². The van der Waals surface area contributed by atoms with Gasteiger partial charge in [-0.05, 0) is 12.8 Å². The zero-order valence-corrected chi connectivity index (χ0v) is 18.3. The van der Waals surface area contributed by atoms with Crippen LogP contribution in [0.3, 0.4) is 0 Å². The van der Waals surface area contributed by atoms with Crippen LogP contribution in [0.1, 0.15) is 110 Å². The first-order chi connectivity index (χ1) is 9.77. The van der Waals surface area contributed by atoms with Gasteiger partial charge in [0, 0.05) is 25.4 Å². The van der Waals surface area contributed by atoms with E-state index in [-0.39, 0.29) is 44.8 Å². The van der Waals surface area contributed by atoms with E-state index in [2.05, 4.69) is 6.92 Å². The van der Waals surface area contributed by atoms with Gasteiger partial charge in [0.1, 0.15) is 0 Å². The largest absolute Gasteiger partial charge is 1.00 e. The monoisotopic (exact) mass is 354 g/mol. The van der Waals surface area contributed by atoms with E-state index in [9.17, 15) is 9.90 Å². The number of aliphatic carboxylic acids is 1. The second-order valence-corrected chi connectivity index (χ2v) is 6.07. The van der Waals surface area contributed by atoms with Crippen molar-refractivity contribution in [2.75, 3.05) is 0 Å². The van der Waals surface area contributed by atoms with Crippen LogP contribution in [0, 0.1) is 0 Å². The van der Waals surface area contributed by atoms with Crippen LogP contribution < -0.4 is 24.0 Å². The molecule has 0 aromatic rings. The Morgan fingerprint density at radius 1 is 0.636 bits per heavy atom. The third-order valence-electron chi connectivity index (χ3n) is 3.98. The van der Waals surface area contributed by atoms with Crippen molar-refractivity contribution in [1.29, 1.82) is 0 Å². The molecule has 0 fully saturated rings. The molecule has 0 heterocycles. The molecule has 0 spiro atoms. The third-order valence-corrected chi connectivity index (χ3v) is 3.98. The van der Waals surface area contributed by atoms with Crippen molar-refractivity contribution in [2.45, 2.75) is 110 Å². The first kappa shape index (κ1) is 27.5. The van der Waals surface area contributed by atoms with Gasteiger partial charge in [-0.1, -0.05) is 96.8 Å². The van der Waals surface area contributed by atoms with Gasteiger partial charge in [-0.3, -0.25) is 0 Å². The molecule has 4 heteroatoms. The zero-order valence-electron chi connectivity index (χ0n) is 15.3. The minimum absolute atomic E-state index is 0. The van der Waals surface area contributed by atoms with Crippen LogP contribution in [-0.2, 0) is 24.3 Å². The van der Waals surface area contributed by atoms with Gasteiger partial charge < -0.3 is 9.90 Å². The molecule has 122 valence electrons. The maximum atomic E-state index is 10.2. The van der Waals surface area contributed by atoms with Crippen molar-refractivity contribution in [3.8, 4) is 0 Å². The Hall–Kier alpha value is 0.691. The second kappa shape index (κ2) is 23.9. The smallest absolute Gasteiger partial charge is 0.550 e. The Bertz CT molecular complexity index is 213. The van der Waals surface area contributed by atoms with Crippen molar-refractivity contribution in [3.63, 3.8) is 0 Å². The summed E-state index contributed by atoms with van der Waals surface area (Å²) in [6.07, 6.45) is 19.9. The predicted octanol–water partition coefficient (Wildman–Crippen LogP) is 2.00. The topological polar surface area (TPSA) is 40.1 Å². The Morgan fingerprint density at radius 3 is 1.18 bits per heavy atom. The summed E-state index contributed by atoms with van der Waals surface area (Å²) in [5.41, 5.74) is 0. The van der Waals surface area contributed by atoms with E-state index in [0.717, 1.165) is 12.8 Å². The first-order valence-electron chi connectivity index (χ1n) is 8.97. The number of carbonyl (C=O) groups excluding carboxylic acids is 1. The minimum atomic E-state index is -0.903. The average molecular weight is 356 g/mol. The number of hydrogen-bond donors (Lipinski definition) is 0. The third kappa shape index (κ3) is 25.6. The van der Waals surface area contributed by atoms with E-state index in [4.69, 9.17) is 0 Å². The molecular formula is C18H35LiO2Zn. The molecule has 0 atom stereocenters. The van der Waals surface area contributed by atoms with Crippen LogP contribution in [0.2, 0.25) is 0 Å². The first-order valence-corrected chi connectivity index (χ1v) is 8.97. The SMILES string of the molecule is CCCCCCCCCCCCCCCCCC(=O)[O-].[Li+].[Zn]. The molecule has 0 aromatic heterocycles. The molecule has 2 nitrogen and oxygen atoms in total. The van der Waals surface area contributed by atoms with Crippen molar-refractivity contribution in [2.24, 2.45) is 0 Å². The zero-order chi connectivity index (χ0) is 14.9. The summed E-state index contributed by atoms with van der Waals surface area (Å²) in [5, 5.41) is 10.2. The van der Waals surface area contributed by atoms with Crippen LogP contribution in [0.15, 0.2) is 0 Å². The molecule has 0 aliphatic carbocycles. The molecule has 0 unspecified atom stereocenters. The Labute approximate surface area is 163 Å². The Morgan fingerprint density at radius 2 is 0.909 bits per heavy atom. The van der Waals surface area contributed by atoms with Crippen molar-refractivity contribution >= 4 is 5.97 Å². The number of rotatable bonds is 16. The van der Waals surface area contributed by atoms with E-state index in [0.29, 0.717) is 0 Å². The summed E-state index contributed by atoms with van der Waals surface area (Å²) in [7, 11) is 0. The molecule has 0 radical (unpaired) electrons. The van der Waals surface area contributed by atoms with Crippen LogP contribution in [-0.4, -0.2) is 5.97 Å². The second-order valence-electron chi connectivity index (χ2n) is 6.07. The van der Waals surface area contributed by atoms with Gasteiger partial charge in [0.05, 0.1) is 0 Å². The summed E-state index contributed by atoms with van der Waals surface area (Å²) in [5.74, 6) is -0.903. The molecule has 0 aliphatic heterocycles. The molecule has 0 saturated heterocycles. The van der Waals surface area contributed by atoms with Gasteiger partial charge in [-0.2, -0.15) is 0 Å². The molecule has 22 heavy (non-hydrogen) atoms. The fourth-order valence-electron chi connectivity index (χ4n) is 2.64. The summed E-state index contributed by atoms with van der Waals surface area (Å²) >= 11 is 0. The number of carboxylic acids is 1. The summed E-state index contributed by atoms with van der Waals surface area (Å²) < 4.78 is 0. The van der Waals surface area contributed by atoms with Gasteiger partial charge in [0.2, 0.25) is 0 Å². The van der Waals surface area contributed by atoms with E-state index >= 15 is 0 Å². The fraction of sp³-hybridized carbons (Fsp3) is 0.944. The average Bonchev–Trinajstić information content (AvgIpc) is 2.43. The molecule has 0 aromatic carbocycles. The maximum Gasteiger partial charge on any atom is 1.00 e. The number of hydrogen-bond acceptors (Lipinski definition) is 2. The van der Waals surface area contributed by atoms with Crippen LogP contribution in [0.25, 0.3) is 0 Å². The number of carbonyl (C=O) groups is 1. The van der Waals surface area contributed by atoms with Gasteiger partial charge in [-0.25, -0.2) is 0 Å². The van der Waals surface area contributed by atoms with Crippen molar-refractivity contribution in [3.05, 3.63) is 0 Å². The van der Waals surface area contributed by atoms with E-state index < -0.39 is 5.97 Å². The molecule has 0 N–H and O–H groups in total. The minimum Gasteiger partial charge on any atom is -0.550 e. The van der Waals surface area contributed by atoms with Gasteiger partial charge in [0.25, 0.3) is 0 Å². The van der Waals surface area contributed by atoms with Crippen LogP contribution >= 0.6 is 0 Å². The van der Waals surface area contributed by atoms with E-state index in [1.54, 1.807) is 0 Å². The predicted molar refractivity (Wildman–Crippen MR) is 84.6 cm³/mol. The number of carboxylic acid groups (broad SMARTS) is 1. The molecular weight excluding hydrogens is 321 g/mol. The summed E-state index contributed by atoms with van der Waals surface area (Å²) in [6, 6.07) is 0. The van der Waals surface area contributed by atoms with Crippen LogP contribution in [0.5, 0.6) is 0 Å². The van der Waals surface area contributed by atoms with Gasteiger partial charge in [0.15, 0.2) is 0 Å². The Balaban J connectivity index is -0.00000180. The molecule has 0 aliphatic rings. The quantitative estimate of drug-likeness (QED) is 0.314. The maximum absolute atomic E-state index is 10.2. The normalized spacial score (nSPS) is 9.86. The van der Waals surface area contributed by atoms with Gasteiger partial charge in [-0.15, -0.1) is 0 Å². The van der Waals surface area contributed by atoms with Crippen LogP contribution in [0.4, 0.5) is 0 Å². The van der Waals surface area contributed by atoms with Crippen molar-refractivity contribution in [1.82, 2.24) is 0 Å². The standard InChI is InChI=1S/C18H36O2.Li.Zn/c1-2-3-4-5-6-7-8-9-10-11-12-13-14-15-16-17-18(19)20;;/h2-17H2,1H3,(H,19,20);;/q;+1;/p-1. The number of unbranched alkanes of at least 4 members (excludes halogenated alkanes) is 14. The van der Waals surface area contributed by atoms with E-state index in [1.807, 2.05) is 0 Å². The molecule has 0 saturated carbocycles. The molecule has 0 bridgehead atoms. The molecule has 0 amide bonds. The fourth-order valence-corrected chi connectivity index (χ4v) is 2.64. The molecule has 0 rings (SSSR count). The van der Waals surface area contributed by atoms with Gasteiger partial charge >= 0.3 is 18.9 Å².